The molecule has 0 atom stereocenters. The zero-order chi connectivity index (χ0) is 23.1. The van der Waals surface area contributed by atoms with E-state index in [0.717, 1.165) is 68.3 Å². The molecule has 8 nitrogen and oxygen atoms in total. The summed E-state index contributed by atoms with van der Waals surface area (Å²) in [7, 11) is 0. The van der Waals surface area contributed by atoms with Crippen molar-refractivity contribution in [1.82, 2.24) is 29.6 Å². The minimum atomic E-state index is -0.268. The summed E-state index contributed by atoms with van der Waals surface area (Å²) in [6, 6.07) is 12.1. The summed E-state index contributed by atoms with van der Waals surface area (Å²) >= 11 is 0. The number of hydrogen-bond acceptors (Lipinski definition) is 5. The van der Waals surface area contributed by atoms with E-state index in [-0.39, 0.29) is 5.41 Å². The van der Waals surface area contributed by atoms with E-state index in [9.17, 15) is 4.79 Å². The Hall–Kier alpha value is -3.68. The normalized spacial score (nSPS) is 18.2. The van der Waals surface area contributed by atoms with Crippen molar-refractivity contribution < 1.29 is 4.79 Å². The summed E-state index contributed by atoms with van der Waals surface area (Å²) < 4.78 is 1.76. The van der Waals surface area contributed by atoms with Crippen LogP contribution in [0.25, 0.3) is 16.7 Å². The van der Waals surface area contributed by atoms with Gasteiger partial charge in [-0.3, -0.25) is 4.79 Å². The van der Waals surface area contributed by atoms with Gasteiger partial charge in [0.25, 0.3) is 0 Å². The van der Waals surface area contributed by atoms with Crippen molar-refractivity contribution in [2.75, 3.05) is 24.5 Å². The zero-order valence-corrected chi connectivity index (χ0v) is 19.4. The van der Waals surface area contributed by atoms with Gasteiger partial charge in [-0.2, -0.15) is 10.1 Å². The number of carbonyl (C=O) groups is 1. The number of hydrogen-bond donors (Lipinski definition) is 1. The Morgan fingerprint density at radius 1 is 1.06 bits per heavy atom. The summed E-state index contributed by atoms with van der Waals surface area (Å²) in [4.78, 5) is 30.8. The van der Waals surface area contributed by atoms with Crippen LogP contribution in [0.2, 0.25) is 0 Å². The highest BCUT2D eigenvalue weighted by Gasteiger charge is 2.46. The van der Waals surface area contributed by atoms with Gasteiger partial charge in [-0.1, -0.05) is 18.2 Å². The van der Waals surface area contributed by atoms with Crippen LogP contribution in [0.5, 0.6) is 0 Å². The van der Waals surface area contributed by atoms with E-state index < -0.39 is 0 Å². The van der Waals surface area contributed by atoms with E-state index in [1.165, 1.54) is 10.9 Å². The number of fused-ring (bicyclic) bond motifs is 1. The van der Waals surface area contributed by atoms with Crippen LogP contribution in [0.4, 0.5) is 5.95 Å². The molecule has 2 aliphatic heterocycles. The van der Waals surface area contributed by atoms with Gasteiger partial charge in [0, 0.05) is 67.4 Å². The highest BCUT2D eigenvalue weighted by atomic mass is 16.2. The maximum absolute atomic E-state index is 13.7. The Bertz CT molecular complexity index is 1320. The van der Waals surface area contributed by atoms with E-state index in [4.69, 9.17) is 4.98 Å². The fraction of sp³-hybridized carbons (Fsp3) is 0.385. The molecule has 1 amide bonds. The van der Waals surface area contributed by atoms with Crippen LogP contribution in [-0.4, -0.2) is 55.2 Å². The number of H-pyrrole nitrogens is 1. The van der Waals surface area contributed by atoms with Crippen molar-refractivity contribution in [2.45, 2.75) is 39.2 Å². The molecule has 8 heteroatoms. The monoisotopic (exact) mass is 455 g/mol. The lowest BCUT2D eigenvalue weighted by Crippen LogP contribution is -2.53. The van der Waals surface area contributed by atoms with Crippen molar-refractivity contribution in [2.24, 2.45) is 5.41 Å². The van der Waals surface area contributed by atoms with E-state index >= 15 is 0 Å². The number of anilines is 1. The first-order chi connectivity index (χ1) is 16.6. The number of benzene rings is 1. The number of para-hydroxylation sites is 1. The molecule has 0 unspecified atom stereocenters. The van der Waals surface area contributed by atoms with Crippen molar-refractivity contribution in [3.05, 3.63) is 66.2 Å². The first-order valence-corrected chi connectivity index (χ1v) is 12.1. The molecule has 3 aromatic heterocycles. The Morgan fingerprint density at radius 2 is 1.91 bits per heavy atom. The molecule has 0 aliphatic carbocycles. The van der Waals surface area contributed by atoms with E-state index in [1.54, 1.807) is 10.9 Å². The molecule has 174 valence electrons. The zero-order valence-electron chi connectivity index (χ0n) is 19.4. The van der Waals surface area contributed by atoms with Crippen LogP contribution in [0.15, 0.2) is 55.0 Å². The van der Waals surface area contributed by atoms with Crippen LogP contribution in [0.3, 0.4) is 0 Å². The summed E-state index contributed by atoms with van der Waals surface area (Å²) in [5.74, 6) is 1.80. The van der Waals surface area contributed by atoms with Gasteiger partial charge in [0.05, 0.1) is 5.41 Å². The fourth-order valence-corrected chi connectivity index (χ4v) is 5.57. The third kappa shape index (κ3) is 3.63. The van der Waals surface area contributed by atoms with Crippen molar-refractivity contribution in [1.29, 1.82) is 0 Å². The number of aryl methyl sites for hydroxylation is 1. The number of aromatic nitrogens is 5. The van der Waals surface area contributed by atoms with Crippen LogP contribution >= 0.6 is 0 Å². The highest BCUT2D eigenvalue weighted by molar-refractivity contribution is 5.86. The molecule has 1 N–H and O–H groups in total. The molecule has 2 fully saturated rings. The smallest absolute Gasteiger partial charge is 0.229 e. The SMILES string of the molecule is Cc1cc(-n2cccn2)nc(N2CCC3(CCCN(Cc4c[nH]c5ccccc45)C3=O)CC2)n1. The fourth-order valence-electron chi connectivity index (χ4n) is 5.57. The second kappa shape index (κ2) is 8.27. The number of carbonyl (C=O) groups excluding carboxylic acids is 1. The molecule has 0 radical (unpaired) electrons. The Labute approximate surface area is 198 Å². The van der Waals surface area contributed by atoms with Gasteiger partial charge in [0.2, 0.25) is 11.9 Å². The number of amides is 1. The topological polar surface area (TPSA) is 82.9 Å². The third-order valence-corrected chi connectivity index (χ3v) is 7.43. The van der Waals surface area contributed by atoms with Gasteiger partial charge in [-0.05, 0) is 50.3 Å². The third-order valence-electron chi connectivity index (χ3n) is 7.43. The minimum absolute atomic E-state index is 0.268. The molecule has 6 rings (SSSR count). The number of likely N-dealkylation sites (tertiary alicyclic amines) is 1. The molecule has 34 heavy (non-hydrogen) atoms. The number of nitrogens with one attached hydrogen (secondary N) is 1. The van der Waals surface area contributed by atoms with Crippen molar-refractivity contribution in [3.63, 3.8) is 0 Å². The van der Waals surface area contributed by atoms with Gasteiger partial charge < -0.3 is 14.8 Å². The lowest BCUT2D eigenvalue weighted by atomic mass is 9.71. The Kier molecular flexibility index (Phi) is 5.08. The molecule has 2 aliphatic rings. The molecule has 2 saturated heterocycles. The number of aromatic amines is 1. The van der Waals surface area contributed by atoms with Gasteiger partial charge in [-0.15, -0.1) is 0 Å². The van der Waals surface area contributed by atoms with Gasteiger partial charge in [0.15, 0.2) is 5.82 Å². The van der Waals surface area contributed by atoms with E-state index in [2.05, 4.69) is 43.1 Å². The number of nitrogens with zero attached hydrogens (tertiary/aromatic N) is 6. The predicted molar refractivity (Wildman–Crippen MR) is 131 cm³/mol. The predicted octanol–water partition coefficient (Wildman–Crippen LogP) is 3.86. The molecule has 0 bridgehead atoms. The minimum Gasteiger partial charge on any atom is -0.361 e. The quantitative estimate of drug-likeness (QED) is 0.505. The second-order valence-corrected chi connectivity index (χ2v) is 9.58. The van der Waals surface area contributed by atoms with Crippen LogP contribution in [-0.2, 0) is 11.3 Å². The van der Waals surface area contributed by atoms with E-state index in [1.807, 2.05) is 37.5 Å². The second-order valence-electron chi connectivity index (χ2n) is 9.58. The average molecular weight is 456 g/mol. The number of piperidine rings is 2. The van der Waals surface area contributed by atoms with Gasteiger partial charge >= 0.3 is 0 Å². The van der Waals surface area contributed by atoms with Crippen LogP contribution in [0.1, 0.15) is 36.9 Å². The van der Waals surface area contributed by atoms with Gasteiger partial charge in [-0.25, -0.2) is 9.67 Å². The van der Waals surface area contributed by atoms with Crippen LogP contribution in [0, 0.1) is 12.3 Å². The molecule has 5 heterocycles. The van der Waals surface area contributed by atoms with Crippen LogP contribution < -0.4 is 4.90 Å². The summed E-state index contributed by atoms with van der Waals surface area (Å²) in [5, 5.41) is 5.51. The van der Waals surface area contributed by atoms with Crippen molar-refractivity contribution >= 4 is 22.8 Å². The summed E-state index contributed by atoms with van der Waals surface area (Å²) in [6.07, 6.45) is 9.39. The molecule has 0 saturated carbocycles. The first kappa shape index (κ1) is 20.9. The number of rotatable bonds is 4. The first-order valence-electron chi connectivity index (χ1n) is 12.1. The molecular formula is C26H29N7O. The molecule has 1 aromatic carbocycles. The lowest BCUT2D eigenvalue weighted by Gasteiger charge is -2.46. The standard InChI is InChI=1S/C26H29N7O/c1-19-16-23(33-13-5-11-28-33)30-25(29-19)31-14-9-26(10-15-31)8-4-12-32(24(26)34)18-20-17-27-22-7-3-2-6-21(20)22/h2-3,5-7,11,13,16-17,27H,4,8-10,12,14-15,18H2,1H3. The maximum atomic E-state index is 13.7. The summed E-state index contributed by atoms with van der Waals surface area (Å²) in [5.41, 5.74) is 2.96. The van der Waals surface area contributed by atoms with Crippen molar-refractivity contribution in [3.8, 4) is 5.82 Å². The lowest BCUT2D eigenvalue weighted by molar-refractivity contribution is -0.148. The van der Waals surface area contributed by atoms with E-state index in [0.29, 0.717) is 12.5 Å². The maximum Gasteiger partial charge on any atom is 0.229 e. The Balaban J connectivity index is 1.18. The largest absolute Gasteiger partial charge is 0.361 e. The molecule has 1 spiro atoms. The summed E-state index contributed by atoms with van der Waals surface area (Å²) in [6.45, 7) is 5.06. The Morgan fingerprint density at radius 3 is 2.74 bits per heavy atom. The highest BCUT2D eigenvalue weighted by Crippen LogP contribution is 2.42. The van der Waals surface area contributed by atoms with Gasteiger partial charge in [0.1, 0.15) is 0 Å². The molecular weight excluding hydrogens is 426 g/mol. The molecule has 4 aromatic rings. The average Bonchev–Trinajstić information content (AvgIpc) is 3.53.